The zero-order chi connectivity index (χ0) is 17.5. The highest BCUT2D eigenvalue weighted by Crippen LogP contribution is 2.27. The molecule has 3 aromatic carbocycles. The number of halogens is 1. The van der Waals surface area contributed by atoms with Gasteiger partial charge in [0, 0.05) is 5.54 Å². The summed E-state index contributed by atoms with van der Waals surface area (Å²) in [6.07, 6.45) is 2.77. The standard InChI is InChI=1S/C24H27N.ClH/c1-20(17-21-11-5-2-6-12-21)24(25,18-22-13-7-3-8-14-22)19-23-15-9-4-10-16-23;/h2-16,20H,17-19,25H2,1H3;1H. The summed E-state index contributed by atoms with van der Waals surface area (Å²) in [4.78, 5) is 0. The number of hydrogen-bond acceptors (Lipinski definition) is 1. The van der Waals surface area contributed by atoms with Gasteiger partial charge in [-0.3, -0.25) is 0 Å². The SMILES string of the molecule is CC(Cc1ccccc1)C(N)(Cc1ccccc1)Cc1ccccc1.Cl. The topological polar surface area (TPSA) is 26.0 Å². The van der Waals surface area contributed by atoms with E-state index in [-0.39, 0.29) is 17.9 Å². The lowest BCUT2D eigenvalue weighted by Gasteiger charge is -2.36. The third-order valence-electron chi connectivity index (χ3n) is 5.12. The lowest BCUT2D eigenvalue weighted by atomic mass is 9.74. The molecule has 0 saturated heterocycles. The highest BCUT2D eigenvalue weighted by molar-refractivity contribution is 5.85. The van der Waals surface area contributed by atoms with E-state index in [1.807, 2.05) is 0 Å². The zero-order valence-corrected chi connectivity index (χ0v) is 16.2. The highest BCUT2D eigenvalue weighted by Gasteiger charge is 2.32. The number of benzene rings is 3. The third-order valence-corrected chi connectivity index (χ3v) is 5.12. The summed E-state index contributed by atoms with van der Waals surface area (Å²) in [7, 11) is 0. The first-order valence-corrected chi connectivity index (χ1v) is 9.06. The van der Waals surface area contributed by atoms with Crippen LogP contribution < -0.4 is 5.73 Å². The molecule has 0 saturated carbocycles. The Morgan fingerprint density at radius 3 is 1.38 bits per heavy atom. The molecule has 2 N–H and O–H groups in total. The normalized spacial score (nSPS) is 12.2. The Labute approximate surface area is 163 Å². The second kappa shape index (κ2) is 9.56. The van der Waals surface area contributed by atoms with Gasteiger partial charge in [0.25, 0.3) is 0 Å². The predicted molar refractivity (Wildman–Crippen MR) is 114 cm³/mol. The molecule has 0 aliphatic rings. The van der Waals surface area contributed by atoms with Gasteiger partial charge in [0.15, 0.2) is 0 Å². The summed E-state index contributed by atoms with van der Waals surface area (Å²) in [5.74, 6) is 0.371. The van der Waals surface area contributed by atoms with Crippen LogP contribution in [0.15, 0.2) is 91.0 Å². The Morgan fingerprint density at radius 1 is 0.654 bits per heavy atom. The van der Waals surface area contributed by atoms with Crippen molar-refractivity contribution in [3.63, 3.8) is 0 Å². The molecule has 1 nitrogen and oxygen atoms in total. The van der Waals surface area contributed by atoms with Crippen molar-refractivity contribution in [2.45, 2.75) is 31.7 Å². The van der Waals surface area contributed by atoms with Crippen LogP contribution in [0.4, 0.5) is 0 Å². The second-order valence-corrected chi connectivity index (χ2v) is 7.15. The monoisotopic (exact) mass is 365 g/mol. The average molecular weight is 366 g/mol. The maximum Gasteiger partial charge on any atom is 0.0265 e. The summed E-state index contributed by atoms with van der Waals surface area (Å²) in [6, 6.07) is 31.9. The van der Waals surface area contributed by atoms with Crippen molar-refractivity contribution in [2.75, 3.05) is 0 Å². The van der Waals surface area contributed by atoms with E-state index in [2.05, 4.69) is 97.9 Å². The van der Waals surface area contributed by atoms with Gasteiger partial charge in [0.1, 0.15) is 0 Å². The average Bonchev–Trinajstić information content (AvgIpc) is 2.64. The summed E-state index contributed by atoms with van der Waals surface area (Å²) in [5.41, 5.74) is 10.7. The number of rotatable bonds is 7. The molecule has 0 aromatic heterocycles. The first-order chi connectivity index (χ1) is 12.2. The molecule has 136 valence electrons. The van der Waals surface area contributed by atoms with Crippen LogP contribution in [0.25, 0.3) is 0 Å². The smallest absolute Gasteiger partial charge is 0.0265 e. The molecule has 0 bridgehead atoms. The predicted octanol–water partition coefficient (Wildman–Crippen LogP) is 5.47. The molecule has 0 fully saturated rings. The van der Waals surface area contributed by atoms with Crippen LogP contribution in [0.2, 0.25) is 0 Å². The first-order valence-electron chi connectivity index (χ1n) is 9.06. The van der Waals surface area contributed by atoms with Gasteiger partial charge in [-0.15, -0.1) is 12.4 Å². The van der Waals surface area contributed by atoms with Gasteiger partial charge in [-0.1, -0.05) is 97.9 Å². The van der Waals surface area contributed by atoms with E-state index in [0.717, 1.165) is 19.3 Å². The Bertz CT molecular complexity index is 714. The van der Waals surface area contributed by atoms with Crippen LogP contribution in [0.1, 0.15) is 23.6 Å². The molecule has 0 heterocycles. The summed E-state index contributed by atoms with van der Waals surface area (Å²) >= 11 is 0. The van der Waals surface area contributed by atoms with Crippen LogP contribution in [0, 0.1) is 5.92 Å². The molecule has 0 amide bonds. The van der Waals surface area contributed by atoms with E-state index < -0.39 is 0 Å². The van der Waals surface area contributed by atoms with Crippen molar-refractivity contribution in [1.29, 1.82) is 0 Å². The molecule has 3 rings (SSSR count). The molecule has 3 aromatic rings. The van der Waals surface area contributed by atoms with E-state index in [1.165, 1.54) is 16.7 Å². The zero-order valence-electron chi connectivity index (χ0n) is 15.3. The molecular formula is C24H28ClN. The third kappa shape index (κ3) is 5.45. The Balaban J connectivity index is 0.00000243. The molecule has 26 heavy (non-hydrogen) atoms. The van der Waals surface area contributed by atoms with Crippen molar-refractivity contribution in [2.24, 2.45) is 11.7 Å². The molecule has 2 heteroatoms. The molecule has 0 aliphatic carbocycles. The van der Waals surface area contributed by atoms with E-state index in [9.17, 15) is 0 Å². The van der Waals surface area contributed by atoms with Gasteiger partial charge < -0.3 is 5.73 Å². The highest BCUT2D eigenvalue weighted by atomic mass is 35.5. The Morgan fingerprint density at radius 2 is 1.00 bits per heavy atom. The summed E-state index contributed by atoms with van der Waals surface area (Å²) < 4.78 is 0. The van der Waals surface area contributed by atoms with Gasteiger partial charge in [0.2, 0.25) is 0 Å². The van der Waals surface area contributed by atoms with Crippen molar-refractivity contribution >= 4 is 12.4 Å². The van der Waals surface area contributed by atoms with Crippen LogP contribution in [-0.4, -0.2) is 5.54 Å². The first kappa shape index (κ1) is 20.2. The molecule has 1 unspecified atom stereocenters. The van der Waals surface area contributed by atoms with Crippen LogP contribution in [0.3, 0.4) is 0 Å². The molecule has 0 spiro atoms. The quantitative estimate of drug-likeness (QED) is 0.590. The number of nitrogens with two attached hydrogens (primary N) is 1. The van der Waals surface area contributed by atoms with Gasteiger partial charge >= 0.3 is 0 Å². The molecule has 1 atom stereocenters. The van der Waals surface area contributed by atoms with E-state index in [0.29, 0.717) is 5.92 Å². The maximum atomic E-state index is 7.05. The van der Waals surface area contributed by atoms with Gasteiger partial charge in [-0.2, -0.15) is 0 Å². The lowest BCUT2D eigenvalue weighted by Crippen LogP contribution is -2.51. The number of hydrogen-bond donors (Lipinski definition) is 1. The lowest BCUT2D eigenvalue weighted by molar-refractivity contribution is 0.282. The molecule has 0 aliphatic heterocycles. The van der Waals surface area contributed by atoms with E-state index in [1.54, 1.807) is 0 Å². The van der Waals surface area contributed by atoms with Crippen molar-refractivity contribution in [3.05, 3.63) is 108 Å². The minimum atomic E-state index is -0.279. The fraction of sp³-hybridized carbons (Fsp3) is 0.250. The van der Waals surface area contributed by atoms with Gasteiger partial charge in [-0.05, 0) is 41.9 Å². The Hall–Kier alpha value is -2.09. The maximum absolute atomic E-state index is 7.05. The summed E-state index contributed by atoms with van der Waals surface area (Å²) in [5, 5.41) is 0. The van der Waals surface area contributed by atoms with Crippen molar-refractivity contribution in [3.8, 4) is 0 Å². The fourth-order valence-electron chi connectivity index (χ4n) is 3.53. The van der Waals surface area contributed by atoms with Crippen LogP contribution in [0.5, 0.6) is 0 Å². The van der Waals surface area contributed by atoms with Crippen molar-refractivity contribution in [1.82, 2.24) is 0 Å². The van der Waals surface area contributed by atoms with Crippen LogP contribution in [-0.2, 0) is 19.3 Å². The van der Waals surface area contributed by atoms with E-state index in [4.69, 9.17) is 5.73 Å². The van der Waals surface area contributed by atoms with Crippen molar-refractivity contribution < 1.29 is 0 Å². The minimum Gasteiger partial charge on any atom is -0.324 e. The Kier molecular flexibility index (Phi) is 7.44. The second-order valence-electron chi connectivity index (χ2n) is 7.15. The minimum absolute atomic E-state index is 0. The fourth-order valence-corrected chi connectivity index (χ4v) is 3.53. The van der Waals surface area contributed by atoms with Gasteiger partial charge in [-0.25, -0.2) is 0 Å². The summed E-state index contributed by atoms with van der Waals surface area (Å²) in [6.45, 7) is 2.29. The van der Waals surface area contributed by atoms with E-state index >= 15 is 0 Å². The van der Waals surface area contributed by atoms with Crippen LogP contribution >= 0.6 is 12.4 Å². The molecular weight excluding hydrogens is 338 g/mol. The molecule has 0 radical (unpaired) electrons. The van der Waals surface area contributed by atoms with Gasteiger partial charge in [0.05, 0.1) is 0 Å². The largest absolute Gasteiger partial charge is 0.324 e.